The van der Waals surface area contributed by atoms with Crippen LogP contribution in [0, 0.1) is 6.92 Å². The summed E-state index contributed by atoms with van der Waals surface area (Å²) in [6.07, 6.45) is 0. The molecule has 0 atom stereocenters. The van der Waals surface area contributed by atoms with Crippen molar-refractivity contribution < 1.29 is 9.32 Å². The number of benzene rings is 1. The van der Waals surface area contributed by atoms with Crippen LogP contribution in [0.4, 0.5) is 0 Å². The number of ketones is 1. The van der Waals surface area contributed by atoms with Crippen molar-refractivity contribution in [1.29, 1.82) is 0 Å². The Kier molecular flexibility index (Phi) is 2.92. The molecule has 0 aliphatic heterocycles. The van der Waals surface area contributed by atoms with Crippen LogP contribution in [-0.4, -0.2) is 10.9 Å². The van der Waals surface area contributed by atoms with Gasteiger partial charge in [0.1, 0.15) is 11.5 Å². The van der Waals surface area contributed by atoms with E-state index in [-0.39, 0.29) is 5.78 Å². The molecule has 82 valence electrons. The van der Waals surface area contributed by atoms with E-state index in [1.54, 1.807) is 6.92 Å². The summed E-state index contributed by atoms with van der Waals surface area (Å²) in [7, 11) is 0. The molecule has 1 aromatic carbocycles. The third kappa shape index (κ3) is 1.93. The number of carbonyl (C=O) groups excluding carboxylic acids is 1. The summed E-state index contributed by atoms with van der Waals surface area (Å²) in [4.78, 5) is 11.5. The predicted octanol–water partition coefficient (Wildman–Crippen LogP) is 3.62. The summed E-state index contributed by atoms with van der Waals surface area (Å²) in [5.74, 6) is 0.530. The second kappa shape index (κ2) is 4.22. The van der Waals surface area contributed by atoms with E-state index in [1.165, 1.54) is 6.92 Å². The van der Waals surface area contributed by atoms with Gasteiger partial charge in [0.05, 0.1) is 5.56 Å². The van der Waals surface area contributed by atoms with Gasteiger partial charge >= 0.3 is 0 Å². The molecule has 2 rings (SSSR count). The topological polar surface area (TPSA) is 43.1 Å². The fourth-order valence-electron chi connectivity index (χ4n) is 1.59. The SMILES string of the molecule is CC(=O)c1c(-c2ccc(Br)cc2)noc1C. The van der Waals surface area contributed by atoms with Crippen LogP contribution in [0.5, 0.6) is 0 Å². The molecular weight excluding hydrogens is 270 g/mol. The Hall–Kier alpha value is -1.42. The summed E-state index contributed by atoms with van der Waals surface area (Å²) in [6, 6.07) is 7.61. The van der Waals surface area contributed by atoms with E-state index in [9.17, 15) is 4.79 Å². The van der Waals surface area contributed by atoms with E-state index in [0.717, 1.165) is 10.0 Å². The minimum Gasteiger partial charge on any atom is -0.360 e. The number of halogens is 1. The van der Waals surface area contributed by atoms with Crippen molar-refractivity contribution in [3.63, 3.8) is 0 Å². The average Bonchev–Trinajstić information content (AvgIpc) is 2.61. The Balaban J connectivity index is 2.56. The lowest BCUT2D eigenvalue weighted by atomic mass is 10.0. The fourth-order valence-corrected chi connectivity index (χ4v) is 1.86. The van der Waals surface area contributed by atoms with Gasteiger partial charge in [0, 0.05) is 10.0 Å². The van der Waals surface area contributed by atoms with Gasteiger partial charge < -0.3 is 4.52 Å². The van der Waals surface area contributed by atoms with Crippen LogP contribution in [0.2, 0.25) is 0 Å². The molecule has 4 heteroatoms. The van der Waals surface area contributed by atoms with Crippen molar-refractivity contribution >= 4 is 21.7 Å². The van der Waals surface area contributed by atoms with E-state index in [2.05, 4.69) is 21.1 Å². The number of nitrogens with zero attached hydrogens (tertiary/aromatic N) is 1. The summed E-state index contributed by atoms with van der Waals surface area (Å²) < 4.78 is 6.05. The number of hydrogen-bond acceptors (Lipinski definition) is 3. The molecule has 0 aliphatic carbocycles. The molecule has 0 fully saturated rings. The van der Waals surface area contributed by atoms with Crippen LogP contribution in [0.1, 0.15) is 23.0 Å². The van der Waals surface area contributed by atoms with Crippen LogP contribution in [0.25, 0.3) is 11.3 Å². The first-order valence-corrected chi connectivity index (χ1v) is 5.62. The van der Waals surface area contributed by atoms with E-state index >= 15 is 0 Å². The summed E-state index contributed by atoms with van der Waals surface area (Å²) in [6.45, 7) is 3.26. The molecule has 16 heavy (non-hydrogen) atoms. The zero-order valence-electron chi connectivity index (χ0n) is 8.95. The van der Waals surface area contributed by atoms with E-state index in [0.29, 0.717) is 17.0 Å². The molecule has 1 heterocycles. The highest BCUT2D eigenvalue weighted by atomic mass is 79.9. The second-order valence-corrected chi connectivity index (χ2v) is 4.44. The smallest absolute Gasteiger partial charge is 0.165 e. The summed E-state index contributed by atoms with van der Waals surface area (Å²) >= 11 is 3.36. The molecule has 0 spiro atoms. The fraction of sp³-hybridized carbons (Fsp3) is 0.167. The van der Waals surface area contributed by atoms with Crippen molar-refractivity contribution in [2.75, 3.05) is 0 Å². The van der Waals surface area contributed by atoms with E-state index < -0.39 is 0 Å². The van der Waals surface area contributed by atoms with Crippen LogP contribution >= 0.6 is 15.9 Å². The summed E-state index contributed by atoms with van der Waals surface area (Å²) in [5.41, 5.74) is 2.05. The van der Waals surface area contributed by atoms with Gasteiger partial charge in [-0.25, -0.2) is 0 Å². The molecule has 0 amide bonds. The zero-order chi connectivity index (χ0) is 11.7. The highest BCUT2D eigenvalue weighted by molar-refractivity contribution is 9.10. The quantitative estimate of drug-likeness (QED) is 0.789. The maximum absolute atomic E-state index is 11.5. The van der Waals surface area contributed by atoms with Crippen LogP contribution < -0.4 is 0 Å². The maximum Gasteiger partial charge on any atom is 0.165 e. The van der Waals surface area contributed by atoms with Gasteiger partial charge in [-0.15, -0.1) is 0 Å². The van der Waals surface area contributed by atoms with Gasteiger partial charge in [-0.1, -0.05) is 33.2 Å². The monoisotopic (exact) mass is 279 g/mol. The molecule has 0 unspecified atom stereocenters. The summed E-state index contributed by atoms with van der Waals surface area (Å²) in [5, 5.41) is 3.93. The molecule has 0 saturated heterocycles. The van der Waals surface area contributed by atoms with Crippen molar-refractivity contribution in [1.82, 2.24) is 5.16 Å². The minimum absolute atomic E-state index is 0.0309. The van der Waals surface area contributed by atoms with Crippen LogP contribution in [-0.2, 0) is 0 Å². The first-order chi connectivity index (χ1) is 7.59. The number of carbonyl (C=O) groups is 1. The molecule has 3 nitrogen and oxygen atoms in total. The van der Waals surface area contributed by atoms with Crippen molar-refractivity contribution in [2.24, 2.45) is 0 Å². The van der Waals surface area contributed by atoms with Crippen molar-refractivity contribution in [2.45, 2.75) is 13.8 Å². The molecule has 0 aliphatic rings. The number of Topliss-reactive ketones (excluding diaryl/α,β-unsaturated/α-hetero) is 1. The number of aryl methyl sites for hydroxylation is 1. The average molecular weight is 280 g/mol. The van der Waals surface area contributed by atoms with Gasteiger partial charge in [-0.2, -0.15) is 0 Å². The maximum atomic E-state index is 11.5. The lowest BCUT2D eigenvalue weighted by molar-refractivity contribution is 0.101. The number of rotatable bonds is 2. The second-order valence-electron chi connectivity index (χ2n) is 3.53. The first-order valence-electron chi connectivity index (χ1n) is 4.82. The highest BCUT2D eigenvalue weighted by Gasteiger charge is 2.17. The van der Waals surface area contributed by atoms with E-state index in [4.69, 9.17) is 4.52 Å². The van der Waals surface area contributed by atoms with Gasteiger partial charge in [0.15, 0.2) is 5.78 Å². The molecular formula is C12H10BrNO2. The molecule has 0 saturated carbocycles. The van der Waals surface area contributed by atoms with Gasteiger partial charge in [-0.3, -0.25) is 4.79 Å². The van der Waals surface area contributed by atoms with E-state index in [1.807, 2.05) is 24.3 Å². The Morgan fingerprint density at radius 1 is 1.31 bits per heavy atom. The van der Waals surface area contributed by atoms with Gasteiger partial charge in [-0.05, 0) is 26.0 Å². The Morgan fingerprint density at radius 3 is 2.50 bits per heavy atom. The largest absolute Gasteiger partial charge is 0.360 e. The molecule has 2 aromatic rings. The van der Waals surface area contributed by atoms with Crippen LogP contribution in [0.15, 0.2) is 33.3 Å². The predicted molar refractivity (Wildman–Crippen MR) is 64.4 cm³/mol. The molecule has 0 N–H and O–H groups in total. The lowest BCUT2D eigenvalue weighted by Gasteiger charge is -1.98. The molecule has 0 bridgehead atoms. The molecule has 1 aromatic heterocycles. The first kappa shape index (κ1) is 11.1. The third-order valence-electron chi connectivity index (χ3n) is 2.33. The highest BCUT2D eigenvalue weighted by Crippen LogP contribution is 2.26. The number of hydrogen-bond donors (Lipinski definition) is 0. The molecule has 0 radical (unpaired) electrons. The number of aromatic nitrogens is 1. The van der Waals surface area contributed by atoms with Crippen molar-refractivity contribution in [3.05, 3.63) is 40.1 Å². The Morgan fingerprint density at radius 2 is 1.94 bits per heavy atom. The van der Waals surface area contributed by atoms with Crippen LogP contribution in [0.3, 0.4) is 0 Å². The zero-order valence-corrected chi connectivity index (χ0v) is 10.5. The lowest BCUT2D eigenvalue weighted by Crippen LogP contribution is -1.95. The Bertz CT molecular complexity index is 528. The van der Waals surface area contributed by atoms with Gasteiger partial charge in [0.25, 0.3) is 0 Å². The standard InChI is InChI=1S/C12H10BrNO2/c1-7(15)11-8(2)16-14-12(11)9-3-5-10(13)6-4-9/h3-6H,1-2H3. The minimum atomic E-state index is -0.0309. The van der Waals surface area contributed by atoms with Crippen molar-refractivity contribution in [3.8, 4) is 11.3 Å². The van der Waals surface area contributed by atoms with Gasteiger partial charge in [0.2, 0.25) is 0 Å². The Labute approximate surface area is 102 Å². The third-order valence-corrected chi connectivity index (χ3v) is 2.86. The normalized spacial score (nSPS) is 10.4.